The largest absolute Gasteiger partial charge is 0.354 e. The zero-order chi connectivity index (χ0) is 14.2. The van der Waals surface area contributed by atoms with Gasteiger partial charge in [-0.25, -0.2) is 0 Å². The molecule has 0 saturated heterocycles. The summed E-state index contributed by atoms with van der Waals surface area (Å²) in [6, 6.07) is 19.4. The third-order valence-corrected chi connectivity index (χ3v) is 3.19. The average molecular weight is 268 g/mol. The number of nitrogens with one attached hydrogen (secondary N) is 1. The molecular weight excluding hydrogens is 248 g/mol. The highest BCUT2D eigenvalue weighted by Crippen LogP contribution is 2.02. The normalized spacial score (nSPS) is 11.8. The molecule has 0 aliphatic heterocycles. The van der Waals surface area contributed by atoms with Crippen molar-refractivity contribution in [2.75, 3.05) is 6.54 Å². The summed E-state index contributed by atoms with van der Waals surface area (Å²) in [6.07, 6.45) is 1.39. The molecule has 104 valence electrons. The molecule has 0 saturated carbocycles. The van der Waals surface area contributed by atoms with Crippen LogP contribution in [-0.2, 0) is 17.6 Å². The molecule has 1 atom stereocenters. The lowest BCUT2D eigenvalue weighted by Gasteiger charge is -2.12. The number of hydrogen-bond acceptors (Lipinski definition) is 2. The van der Waals surface area contributed by atoms with E-state index < -0.39 is 6.04 Å². The predicted molar refractivity (Wildman–Crippen MR) is 81.3 cm³/mol. The van der Waals surface area contributed by atoms with Gasteiger partial charge in [0.05, 0.1) is 6.04 Å². The van der Waals surface area contributed by atoms with Crippen LogP contribution < -0.4 is 11.1 Å². The summed E-state index contributed by atoms with van der Waals surface area (Å²) in [5.41, 5.74) is 8.21. The fourth-order valence-corrected chi connectivity index (χ4v) is 2.07. The van der Waals surface area contributed by atoms with Gasteiger partial charge in [-0.3, -0.25) is 4.79 Å². The molecule has 2 rings (SSSR count). The van der Waals surface area contributed by atoms with E-state index in [2.05, 4.69) is 17.4 Å². The standard InChI is InChI=1S/C17H20N2O/c18-16(13-15-9-5-2-6-10-15)17(20)19-12-11-14-7-3-1-4-8-14/h1-10,16H,11-13,18H2,(H,19,20)/t16-/m1/s1. The zero-order valence-corrected chi connectivity index (χ0v) is 11.5. The number of nitrogens with two attached hydrogens (primary N) is 1. The maximum Gasteiger partial charge on any atom is 0.237 e. The third-order valence-electron chi connectivity index (χ3n) is 3.19. The summed E-state index contributed by atoms with van der Waals surface area (Å²) in [5, 5.41) is 2.89. The number of rotatable bonds is 6. The van der Waals surface area contributed by atoms with E-state index in [1.807, 2.05) is 48.5 Å². The quantitative estimate of drug-likeness (QED) is 0.841. The first kappa shape index (κ1) is 14.3. The Bertz CT molecular complexity index is 525. The molecule has 2 aromatic rings. The Morgan fingerprint density at radius 1 is 0.950 bits per heavy atom. The topological polar surface area (TPSA) is 55.1 Å². The van der Waals surface area contributed by atoms with Crippen molar-refractivity contribution in [3.8, 4) is 0 Å². The Labute approximate surface area is 119 Å². The van der Waals surface area contributed by atoms with Crippen LogP contribution in [0.1, 0.15) is 11.1 Å². The van der Waals surface area contributed by atoms with Gasteiger partial charge in [-0.1, -0.05) is 60.7 Å². The molecular formula is C17H20N2O. The number of hydrogen-bond donors (Lipinski definition) is 2. The van der Waals surface area contributed by atoms with Crippen LogP contribution in [0.4, 0.5) is 0 Å². The second-order valence-corrected chi connectivity index (χ2v) is 4.82. The second-order valence-electron chi connectivity index (χ2n) is 4.82. The molecule has 3 heteroatoms. The van der Waals surface area contributed by atoms with Crippen molar-refractivity contribution in [1.29, 1.82) is 0 Å². The molecule has 3 N–H and O–H groups in total. The van der Waals surface area contributed by atoms with Crippen LogP contribution in [0.3, 0.4) is 0 Å². The first-order valence-corrected chi connectivity index (χ1v) is 6.87. The summed E-state index contributed by atoms with van der Waals surface area (Å²) in [7, 11) is 0. The fraction of sp³-hybridized carbons (Fsp3) is 0.235. The minimum atomic E-state index is -0.492. The van der Waals surface area contributed by atoms with Crippen molar-refractivity contribution >= 4 is 5.91 Å². The molecule has 0 fully saturated rings. The van der Waals surface area contributed by atoms with Gasteiger partial charge < -0.3 is 11.1 Å². The van der Waals surface area contributed by atoms with Crippen molar-refractivity contribution in [1.82, 2.24) is 5.32 Å². The van der Waals surface area contributed by atoms with Crippen LogP contribution in [0, 0.1) is 0 Å². The van der Waals surface area contributed by atoms with Gasteiger partial charge in [-0.2, -0.15) is 0 Å². The minimum Gasteiger partial charge on any atom is -0.354 e. The van der Waals surface area contributed by atoms with E-state index in [0.717, 1.165) is 12.0 Å². The van der Waals surface area contributed by atoms with Gasteiger partial charge in [-0.05, 0) is 24.0 Å². The number of benzene rings is 2. The first-order chi connectivity index (χ1) is 9.75. The second kappa shape index (κ2) is 7.46. The molecule has 0 spiro atoms. The Balaban J connectivity index is 1.74. The lowest BCUT2D eigenvalue weighted by molar-refractivity contribution is -0.122. The van der Waals surface area contributed by atoms with Gasteiger partial charge >= 0.3 is 0 Å². The molecule has 3 nitrogen and oxygen atoms in total. The Hall–Kier alpha value is -2.13. The molecule has 0 aliphatic rings. The Morgan fingerprint density at radius 2 is 1.50 bits per heavy atom. The van der Waals surface area contributed by atoms with Crippen molar-refractivity contribution < 1.29 is 4.79 Å². The van der Waals surface area contributed by atoms with E-state index in [0.29, 0.717) is 13.0 Å². The Kier molecular flexibility index (Phi) is 5.33. The van der Waals surface area contributed by atoms with Crippen LogP contribution in [-0.4, -0.2) is 18.5 Å². The molecule has 20 heavy (non-hydrogen) atoms. The van der Waals surface area contributed by atoms with Crippen LogP contribution >= 0.6 is 0 Å². The van der Waals surface area contributed by atoms with Gasteiger partial charge in [0.15, 0.2) is 0 Å². The average Bonchev–Trinajstić information content (AvgIpc) is 2.49. The maximum absolute atomic E-state index is 11.9. The summed E-state index contributed by atoms with van der Waals surface area (Å²) < 4.78 is 0. The van der Waals surface area contributed by atoms with E-state index in [1.165, 1.54) is 5.56 Å². The lowest BCUT2D eigenvalue weighted by Crippen LogP contribution is -2.42. The van der Waals surface area contributed by atoms with Crippen LogP contribution in [0.5, 0.6) is 0 Å². The highest BCUT2D eigenvalue weighted by atomic mass is 16.2. The molecule has 2 aromatic carbocycles. The predicted octanol–water partition coefficient (Wildman–Crippen LogP) is 1.92. The molecule has 0 aromatic heterocycles. The van der Waals surface area contributed by atoms with Gasteiger partial charge in [0.1, 0.15) is 0 Å². The molecule has 0 unspecified atom stereocenters. The van der Waals surface area contributed by atoms with Crippen molar-refractivity contribution in [2.24, 2.45) is 5.73 Å². The number of amides is 1. The highest BCUT2D eigenvalue weighted by Gasteiger charge is 2.13. The van der Waals surface area contributed by atoms with Gasteiger partial charge in [0, 0.05) is 6.54 Å². The monoisotopic (exact) mass is 268 g/mol. The van der Waals surface area contributed by atoms with Crippen LogP contribution in [0.15, 0.2) is 60.7 Å². The zero-order valence-electron chi connectivity index (χ0n) is 11.5. The van der Waals surface area contributed by atoms with Gasteiger partial charge in [0.25, 0.3) is 0 Å². The van der Waals surface area contributed by atoms with E-state index in [4.69, 9.17) is 5.73 Å². The van der Waals surface area contributed by atoms with Gasteiger partial charge in [-0.15, -0.1) is 0 Å². The van der Waals surface area contributed by atoms with E-state index in [1.54, 1.807) is 0 Å². The van der Waals surface area contributed by atoms with Crippen molar-refractivity contribution in [3.05, 3.63) is 71.8 Å². The van der Waals surface area contributed by atoms with E-state index in [-0.39, 0.29) is 5.91 Å². The number of carbonyl (C=O) groups is 1. The van der Waals surface area contributed by atoms with Crippen LogP contribution in [0.2, 0.25) is 0 Å². The lowest BCUT2D eigenvalue weighted by atomic mass is 10.1. The summed E-state index contributed by atoms with van der Waals surface area (Å²) in [4.78, 5) is 11.9. The maximum atomic E-state index is 11.9. The third kappa shape index (κ3) is 4.52. The summed E-state index contributed by atoms with van der Waals surface area (Å²) in [6.45, 7) is 0.616. The molecule has 0 bridgehead atoms. The van der Waals surface area contributed by atoms with Crippen molar-refractivity contribution in [2.45, 2.75) is 18.9 Å². The minimum absolute atomic E-state index is 0.0928. The smallest absolute Gasteiger partial charge is 0.237 e. The summed E-state index contributed by atoms with van der Waals surface area (Å²) >= 11 is 0. The van der Waals surface area contributed by atoms with Crippen LogP contribution in [0.25, 0.3) is 0 Å². The fourth-order valence-electron chi connectivity index (χ4n) is 2.07. The summed E-state index contributed by atoms with van der Waals surface area (Å²) in [5.74, 6) is -0.0928. The van der Waals surface area contributed by atoms with E-state index in [9.17, 15) is 4.79 Å². The van der Waals surface area contributed by atoms with Crippen molar-refractivity contribution in [3.63, 3.8) is 0 Å². The molecule has 0 aliphatic carbocycles. The first-order valence-electron chi connectivity index (χ1n) is 6.87. The molecule has 0 heterocycles. The SMILES string of the molecule is N[C@H](Cc1ccccc1)C(=O)NCCc1ccccc1. The van der Waals surface area contributed by atoms with E-state index >= 15 is 0 Å². The van der Waals surface area contributed by atoms with Gasteiger partial charge in [0.2, 0.25) is 5.91 Å². The number of carbonyl (C=O) groups excluding carboxylic acids is 1. The Morgan fingerprint density at radius 3 is 2.10 bits per heavy atom. The molecule has 0 radical (unpaired) electrons. The molecule has 1 amide bonds. The highest BCUT2D eigenvalue weighted by molar-refractivity contribution is 5.81.